The third kappa shape index (κ3) is 3.42. The number of sulfone groups is 1. The van der Waals surface area contributed by atoms with Crippen LogP contribution in [-0.4, -0.2) is 65.7 Å². The van der Waals surface area contributed by atoms with Crippen LogP contribution in [0.1, 0.15) is 23.0 Å². The van der Waals surface area contributed by atoms with Gasteiger partial charge in [0.05, 0.1) is 29.9 Å². The fourth-order valence-electron chi connectivity index (χ4n) is 3.37. The Morgan fingerprint density at radius 1 is 1.33 bits per heavy atom. The van der Waals surface area contributed by atoms with Gasteiger partial charge in [0.25, 0.3) is 5.91 Å². The van der Waals surface area contributed by atoms with Gasteiger partial charge >= 0.3 is 6.03 Å². The zero-order chi connectivity index (χ0) is 19.2. The van der Waals surface area contributed by atoms with Crippen molar-refractivity contribution in [3.63, 3.8) is 0 Å². The van der Waals surface area contributed by atoms with Gasteiger partial charge in [0.1, 0.15) is 5.69 Å². The van der Waals surface area contributed by atoms with Gasteiger partial charge in [-0.3, -0.25) is 9.48 Å². The highest BCUT2D eigenvalue weighted by Crippen LogP contribution is 2.30. The largest absolute Gasteiger partial charge is 0.463 e. The first-order valence-electron chi connectivity index (χ1n) is 8.51. The van der Waals surface area contributed by atoms with Crippen molar-refractivity contribution < 1.29 is 22.4 Å². The van der Waals surface area contributed by atoms with Gasteiger partial charge in [-0.05, 0) is 18.6 Å². The van der Waals surface area contributed by atoms with Crippen LogP contribution in [0.3, 0.4) is 0 Å². The summed E-state index contributed by atoms with van der Waals surface area (Å²) in [4.78, 5) is 25.0. The Labute approximate surface area is 155 Å². The molecule has 11 heteroatoms. The highest BCUT2D eigenvalue weighted by Gasteiger charge is 2.34. The fourth-order valence-corrected chi connectivity index (χ4v) is 5.06. The van der Waals surface area contributed by atoms with Gasteiger partial charge in [-0.25, -0.2) is 13.2 Å². The minimum atomic E-state index is -3.11. The molecule has 2 aliphatic rings. The van der Waals surface area contributed by atoms with Gasteiger partial charge in [0.15, 0.2) is 21.3 Å². The van der Waals surface area contributed by atoms with Crippen LogP contribution in [0.5, 0.6) is 0 Å². The van der Waals surface area contributed by atoms with Crippen molar-refractivity contribution in [3.8, 4) is 11.5 Å². The number of carbonyl (C=O) groups is 2. The zero-order valence-electron chi connectivity index (χ0n) is 14.4. The summed E-state index contributed by atoms with van der Waals surface area (Å²) >= 11 is 0. The number of furan rings is 1. The molecule has 4 rings (SSSR count). The lowest BCUT2D eigenvalue weighted by Gasteiger charge is -2.38. The lowest BCUT2D eigenvalue weighted by molar-refractivity contribution is 0.0855. The van der Waals surface area contributed by atoms with Crippen molar-refractivity contribution in [1.82, 2.24) is 20.0 Å². The molecular weight excluding hydrogens is 374 g/mol. The summed E-state index contributed by atoms with van der Waals surface area (Å²) in [5.74, 6) is 0.201. The first kappa shape index (κ1) is 17.6. The minimum absolute atomic E-state index is 0.0142. The summed E-state index contributed by atoms with van der Waals surface area (Å²) in [6.45, 7) is 0.710. The predicted octanol–water partition coefficient (Wildman–Crippen LogP) is -0.00460. The maximum atomic E-state index is 12.5. The molecule has 0 aromatic carbocycles. The SMILES string of the molecule is NC(=O)N1CC(NC(=O)c2cc(-c3ccco3)n(C3CCS(=O)(=O)C3)n2)C1. The first-order valence-corrected chi connectivity index (χ1v) is 10.3. The molecular formula is C16H19N5O5S. The van der Waals surface area contributed by atoms with Gasteiger partial charge in [-0.2, -0.15) is 5.10 Å². The van der Waals surface area contributed by atoms with E-state index < -0.39 is 21.8 Å². The van der Waals surface area contributed by atoms with Crippen LogP contribution in [0.15, 0.2) is 28.9 Å². The normalized spacial score (nSPS) is 21.8. The lowest BCUT2D eigenvalue weighted by atomic mass is 10.1. The number of likely N-dealkylation sites (tertiary alicyclic amines) is 1. The van der Waals surface area contributed by atoms with Gasteiger partial charge in [0.2, 0.25) is 0 Å². The Morgan fingerprint density at radius 3 is 2.70 bits per heavy atom. The van der Waals surface area contributed by atoms with Crippen molar-refractivity contribution in [2.24, 2.45) is 5.73 Å². The molecule has 4 heterocycles. The molecule has 144 valence electrons. The Kier molecular flexibility index (Phi) is 4.17. The molecule has 10 nitrogen and oxygen atoms in total. The summed E-state index contributed by atoms with van der Waals surface area (Å²) in [5, 5.41) is 7.15. The second-order valence-electron chi connectivity index (χ2n) is 6.81. The summed E-state index contributed by atoms with van der Waals surface area (Å²) in [7, 11) is -3.11. The Hall–Kier alpha value is -2.82. The molecule has 1 unspecified atom stereocenters. The number of carbonyl (C=O) groups excluding carboxylic acids is 2. The van der Waals surface area contributed by atoms with Gasteiger partial charge in [0, 0.05) is 19.2 Å². The van der Waals surface area contributed by atoms with Gasteiger partial charge < -0.3 is 20.4 Å². The number of primary amides is 1. The van der Waals surface area contributed by atoms with Crippen LogP contribution in [0.25, 0.3) is 11.5 Å². The van der Waals surface area contributed by atoms with Crippen molar-refractivity contribution in [3.05, 3.63) is 30.2 Å². The van der Waals surface area contributed by atoms with E-state index in [1.165, 1.54) is 11.2 Å². The van der Waals surface area contributed by atoms with Crippen molar-refractivity contribution in [2.75, 3.05) is 24.6 Å². The zero-order valence-corrected chi connectivity index (χ0v) is 15.2. The number of amides is 3. The molecule has 27 heavy (non-hydrogen) atoms. The average molecular weight is 393 g/mol. The highest BCUT2D eigenvalue weighted by molar-refractivity contribution is 7.91. The van der Waals surface area contributed by atoms with Crippen molar-refractivity contribution >= 4 is 21.8 Å². The van der Waals surface area contributed by atoms with E-state index >= 15 is 0 Å². The van der Waals surface area contributed by atoms with E-state index in [2.05, 4.69) is 10.4 Å². The van der Waals surface area contributed by atoms with E-state index in [9.17, 15) is 18.0 Å². The summed E-state index contributed by atoms with van der Waals surface area (Å²) in [5.41, 5.74) is 5.89. The van der Waals surface area contributed by atoms with E-state index in [0.29, 0.717) is 31.0 Å². The van der Waals surface area contributed by atoms with Crippen LogP contribution in [0, 0.1) is 0 Å². The third-order valence-electron chi connectivity index (χ3n) is 4.82. The smallest absolute Gasteiger partial charge is 0.314 e. The number of nitrogens with one attached hydrogen (secondary N) is 1. The number of hydrogen-bond acceptors (Lipinski definition) is 6. The number of rotatable bonds is 4. The molecule has 0 aliphatic carbocycles. The lowest BCUT2D eigenvalue weighted by Crippen LogP contribution is -2.62. The van der Waals surface area contributed by atoms with Crippen molar-refractivity contribution in [1.29, 1.82) is 0 Å². The van der Waals surface area contributed by atoms with E-state index in [-0.39, 0.29) is 29.3 Å². The second kappa shape index (κ2) is 6.41. The first-order chi connectivity index (χ1) is 12.8. The number of nitrogens with two attached hydrogens (primary N) is 1. The molecule has 3 amide bonds. The minimum Gasteiger partial charge on any atom is -0.463 e. The Morgan fingerprint density at radius 2 is 2.11 bits per heavy atom. The predicted molar refractivity (Wildman–Crippen MR) is 94.6 cm³/mol. The van der Waals surface area contributed by atoms with E-state index in [4.69, 9.17) is 10.2 Å². The molecule has 0 saturated carbocycles. The standard InChI is InChI=1S/C16H19N5O5S/c17-16(23)20-7-10(8-20)18-15(22)12-6-13(14-2-1-4-26-14)21(19-12)11-3-5-27(24,25)9-11/h1-2,4,6,10-11H,3,5,7-9H2,(H2,17,23)(H,18,22). The maximum absolute atomic E-state index is 12.5. The van der Waals surface area contributed by atoms with E-state index in [1.807, 2.05) is 0 Å². The van der Waals surface area contributed by atoms with Gasteiger partial charge in [-0.15, -0.1) is 0 Å². The molecule has 0 radical (unpaired) electrons. The number of hydrogen-bond donors (Lipinski definition) is 2. The number of urea groups is 1. The Bertz CT molecular complexity index is 975. The molecule has 2 aromatic rings. The van der Waals surface area contributed by atoms with Gasteiger partial charge in [-0.1, -0.05) is 0 Å². The molecule has 3 N–H and O–H groups in total. The second-order valence-corrected chi connectivity index (χ2v) is 9.04. The maximum Gasteiger partial charge on any atom is 0.314 e. The summed E-state index contributed by atoms with van der Waals surface area (Å²) in [6, 6.07) is 3.98. The molecule has 2 aromatic heterocycles. The van der Waals surface area contributed by atoms with Crippen molar-refractivity contribution in [2.45, 2.75) is 18.5 Å². The topological polar surface area (TPSA) is 141 Å². The molecule has 2 fully saturated rings. The molecule has 2 saturated heterocycles. The highest BCUT2D eigenvalue weighted by atomic mass is 32.2. The van der Waals surface area contributed by atoms with Crippen LogP contribution in [-0.2, 0) is 9.84 Å². The summed E-state index contributed by atoms with van der Waals surface area (Å²) in [6.07, 6.45) is 1.94. The molecule has 1 atom stereocenters. The van der Waals surface area contributed by atoms with Crippen LogP contribution in [0.4, 0.5) is 4.79 Å². The van der Waals surface area contributed by atoms with E-state index in [1.54, 1.807) is 22.9 Å². The van der Waals surface area contributed by atoms with E-state index in [0.717, 1.165) is 0 Å². The molecule has 2 aliphatic heterocycles. The fraction of sp³-hybridized carbons (Fsp3) is 0.438. The quantitative estimate of drug-likeness (QED) is 0.749. The number of nitrogens with zero attached hydrogens (tertiary/aromatic N) is 3. The van der Waals surface area contributed by atoms with Crippen LogP contribution in [0.2, 0.25) is 0 Å². The molecule has 0 bridgehead atoms. The monoisotopic (exact) mass is 393 g/mol. The third-order valence-corrected chi connectivity index (χ3v) is 6.58. The number of aromatic nitrogens is 2. The Balaban J connectivity index is 1.56. The molecule has 0 spiro atoms. The van der Waals surface area contributed by atoms with Crippen LogP contribution < -0.4 is 11.1 Å². The summed E-state index contributed by atoms with van der Waals surface area (Å²) < 4.78 is 30.7. The van der Waals surface area contributed by atoms with Crippen LogP contribution >= 0.6 is 0 Å². The average Bonchev–Trinajstić information content (AvgIpc) is 3.27.